The molecule has 0 spiro atoms. The predicted molar refractivity (Wildman–Crippen MR) is 77.3 cm³/mol. The molecule has 1 unspecified atom stereocenters. The third-order valence-corrected chi connectivity index (χ3v) is 4.02. The van der Waals surface area contributed by atoms with Gasteiger partial charge in [-0.05, 0) is 25.2 Å². The molecule has 1 fully saturated rings. The van der Waals surface area contributed by atoms with Gasteiger partial charge in [-0.25, -0.2) is 4.98 Å². The number of hydrogen-bond acceptors (Lipinski definition) is 5. The molecule has 0 amide bonds. The highest BCUT2D eigenvalue weighted by molar-refractivity contribution is 5.66. The second-order valence-electron chi connectivity index (χ2n) is 5.20. The molecular weight excluding hydrogens is 240 g/mol. The van der Waals surface area contributed by atoms with Gasteiger partial charge < -0.3 is 15.8 Å². The average Bonchev–Trinajstić information content (AvgIpc) is 2.47. The second-order valence-corrected chi connectivity index (χ2v) is 5.20. The van der Waals surface area contributed by atoms with Crippen LogP contribution in [0, 0.1) is 5.92 Å². The minimum absolute atomic E-state index is 0.433. The van der Waals surface area contributed by atoms with Gasteiger partial charge in [0, 0.05) is 6.04 Å². The third kappa shape index (κ3) is 3.28. The first kappa shape index (κ1) is 13.9. The van der Waals surface area contributed by atoms with Crippen molar-refractivity contribution in [3.63, 3.8) is 0 Å². The number of nitrogens with two attached hydrogens (primary N) is 1. The fraction of sp³-hybridized carbons (Fsp3) is 0.714. The topological polar surface area (TPSA) is 73.1 Å². The first-order chi connectivity index (χ1) is 9.26. The SMILES string of the molecule is CCC(Nc1ncnc(OC)c1N)C1CCCCC1. The molecule has 5 nitrogen and oxygen atoms in total. The molecule has 0 radical (unpaired) electrons. The van der Waals surface area contributed by atoms with Crippen LogP contribution in [0.5, 0.6) is 5.88 Å². The Balaban J connectivity index is 2.09. The molecule has 3 N–H and O–H groups in total. The van der Waals surface area contributed by atoms with Crippen LogP contribution in [0.15, 0.2) is 6.33 Å². The third-order valence-electron chi connectivity index (χ3n) is 4.02. The number of anilines is 2. The quantitative estimate of drug-likeness (QED) is 0.855. The lowest BCUT2D eigenvalue weighted by Crippen LogP contribution is -2.30. The molecule has 0 aromatic carbocycles. The van der Waals surface area contributed by atoms with Gasteiger partial charge in [0.25, 0.3) is 0 Å². The maximum atomic E-state index is 6.01. The molecular formula is C14H24N4O. The van der Waals surface area contributed by atoms with Crippen LogP contribution < -0.4 is 15.8 Å². The van der Waals surface area contributed by atoms with E-state index in [1.165, 1.54) is 38.4 Å². The Kier molecular flexibility index (Phi) is 4.82. The van der Waals surface area contributed by atoms with E-state index in [0.717, 1.165) is 12.3 Å². The van der Waals surface area contributed by atoms with Crippen molar-refractivity contribution in [2.75, 3.05) is 18.2 Å². The molecule has 0 aliphatic heterocycles. The fourth-order valence-corrected chi connectivity index (χ4v) is 2.92. The van der Waals surface area contributed by atoms with Crippen molar-refractivity contribution in [3.8, 4) is 5.88 Å². The highest BCUT2D eigenvalue weighted by atomic mass is 16.5. The van der Waals surface area contributed by atoms with E-state index in [9.17, 15) is 0 Å². The van der Waals surface area contributed by atoms with E-state index in [0.29, 0.717) is 23.4 Å². The van der Waals surface area contributed by atoms with Gasteiger partial charge in [-0.1, -0.05) is 26.2 Å². The Morgan fingerprint density at radius 1 is 1.37 bits per heavy atom. The summed E-state index contributed by atoms with van der Waals surface area (Å²) in [5, 5.41) is 3.49. The number of ether oxygens (including phenoxy) is 1. The first-order valence-electron chi connectivity index (χ1n) is 7.17. The molecule has 106 valence electrons. The van der Waals surface area contributed by atoms with Gasteiger partial charge >= 0.3 is 0 Å². The van der Waals surface area contributed by atoms with Crippen molar-refractivity contribution in [2.45, 2.75) is 51.5 Å². The molecule has 1 heterocycles. The fourth-order valence-electron chi connectivity index (χ4n) is 2.92. The number of methoxy groups -OCH3 is 1. The lowest BCUT2D eigenvalue weighted by molar-refractivity contribution is 0.312. The van der Waals surface area contributed by atoms with Crippen molar-refractivity contribution in [3.05, 3.63) is 6.33 Å². The number of nitrogen functional groups attached to an aromatic ring is 1. The molecule has 19 heavy (non-hydrogen) atoms. The summed E-state index contributed by atoms with van der Waals surface area (Å²) in [5.41, 5.74) is 6.51. The molecule has 1 aromatic rings. The first-order valence-corrected chi connectivity index (χ1v) is 7.17. The second kappa shape index (κ2) is 6.59. The van der Waals surface area contributed by atoms with Crippen molar-refractivity contribution in [2.24, 2.45) is 5.92 Å². The summed E-state index contributed by atoms with van der Waals surface area (Å²) in [4.78, 5) is 8.25. The van der Waals surface area contributed by atoms with Crippen LogP contribution in [-0.4, -0.2) is 23.1 Å². The smallest absolute Gasteiger partial charge is 0.242 e. The van der Waals surface area contributed by atoms with Crippen LogP contribution >= 0.6 is 0 Å². The van der Waals surface area contributed by atoms with Gasteiger partial charge in [-0.15, -0.1) is 0 Å². The van der Waals surface area contributed by atoms with Gasteiger partial charge in [0.05, 0.1) is 7.11 Å². The molecule has 0 saturated heterocycles. The van der Waals surface area contributed by atoms with Gasteiger partial charge in [0.1, 0.15) is 12.0 Å². The molecule has 5 heteroatoms. The number of nitrogens with zero attached hydrogens (tertiary/aromatic N) is 2. The molecule has 1 aromatic heterocycles. The zero-order valence-electron chi connectivity index (χ0n) is 11.9. The number of aromatic nitrogens is 2. The van der Waals surface area contributed by atoms with Gasteiger partial charge in [-0.3, -0.25) is 0 Å². The lowest BCUT2D eigenvalue weighted by Gasteiger charge is -2.30. The summed E-state index contributed by atoms with van der Waals surface area (Å²) in [6.07, 6.45) is 9.22. The zero-order valence-corrected chi connectivity index (χ0v) is 11.9. The highest BCUT2D eigenvalue weighted by Crippen LogP contribution is 2.31. The van der Waals surface area contributed by atoms with E-state index in [2.05, 4.69) is 22.2 Å². The number of rotatable bonds is 5. The van der Waals surface area contributed by atoms with Crippen LogP contribution in [0.2, 0.25) is 0 Å². The zero-order chi connectivity index (χ0) is 13.7. The Labute approximate surface area is 115 Å². The summed E-state index contributed by atoms with van der Waals surface area (Å²) in [6.45, 7) is 2.21. The molecule has 1 aliphatic carbocycles. The van der Waals surface area contributed by atoms with E-state index in [1.807, 2.05) is 0 Å². The van der Waals surface area contributed by atoms with Crippen LogP contribution in [-0.2, 0) is 0 Å². The lowest BCUT2D eigenvalue weighted by atomic mass is 9.83. The Morgan fingerprint density at radius 3 is 2.74 bits per heavy atom. The average molecular weight is 264 g/mol. The van der Waals surface area contributed by atoms with Crippen molar-refractivity contribution >= 4 is 11.5 Å². The van der Waals surface area contributed by atoms with Gasteiger partial charge in [0.2, 0.25) is 5.88 Å². The van der Waals surface area contributed by atoms with Crippen LogP contribution in [0.3, 0.4) is 0 Å². The van der Waals surface area contributed by atoms with Crippen LogP contribution in [0.4, 0.5) is 11.5 Å². The molecule has 1 saturated carbocycles. The van der Waals surface area contributed by atoms with E-state index in [-0.39, 0.29) is 0 Å². The van der Waals surface area contributed by atoms with E-state index in [1.54, 1.807) is 7.11 Å². The highest BCUT2D eigenvalue weighted by Gasteiger charge is 2.23. The van der Waals surface area contributed by atoms with E-state index >= 15 is 0 Å². The van der Waals surface area contributed by atoms with Crippen molar-refractivity contribution in [1.29, 1.82) is 0 Å². The van der Waals surface area contributed by atoms with Gasteiger partial charge in [-0.2, -0.15) is 4.98 Å². The largest absolute Gasteiger partial charge is 0.479 e. The predicted octanol–water partition coefficient (Wildman–Crippen LogP) is 2.84. The molecule has 0 bridgehead atoms. The van der Waals surface area contributed by atoms with Crippen LogP contribution in [0.1, 0.15) is 45.4 Å². The number of hydrogen-bond donors (Lipinski definition) is 2. The summed E-state index contributed by atoms with van der Waals surface area (Å²) in [7, 11) is 1.57. The summed E-state index contributed by atoms with van der Waals surface area (Å²) >= 11 is 0. The summed E-state index contributed by atoms with van der Waals surface area (Å²) < 4.78 is 5.13. The Bertz CT molecular complexity index is 404. The van der Waals surface area contributed by atoms with Crippen molar-refractivity contribution in [1.82, 2.24) is 9.97 Å². The summed E-state index contributed by atoms with van der Waals surface area (Å²) in [6, 6.07) is 0.433. The maximum Gasteiger partial charge on any atom is 0.242 e. The maximum absolute atomic E-state index is 6.01. The standard InChI is InChI=1S/C14H24N4O/c1-3-11(10-7-5-4-6-8-10)18-13-12(15)14(19-2)17-9-16-13/h9-11H,3-8,15H2,1-2H3,(H,16,17,18). The van der Waals surface area contributed by atoms with Crippen LogP contribution in [0.25, 0.3) is 0 Å². The Hall–Kier alpha value is -1.52. The molecule has 1 atom stereocenters. The summed E-state index contributed by atoms with van der Waals surface area (Å²) in [5.74, 6) is 1.86. The Morgan fingerprint density at radius 2 is 2.11 bits per heavy atom. The number of nitrogens with one attached hydrogen (secondary N) is 1. The monoisotopic (exact) mass is 264 g/mol. The molecule has 1 aliphatic rings. The van der Waals surface area contributed by atoms with E-state index in [4.69, 9.17) is 10.5 Å². The minimum atomic E-state index is 0.433. The van der Waals surface area contributed by atoms with Gasteiger partial charge in [0.15, 0.2) is 5.82 Å². The normalized spacial score (nSPS) is 18.0. The van der Waals surface area contributed by atoms with Crippen molar-refractivity contribution < 1.29 is 4.74 Å². The van der Waals surface area contributed by atoms with E-state index < -0.39 is 0 Å². The molecule has 2 rings (SSSR count). The minimum Gasteiger partial charge on any atom is -0.479 e.